The van der Waals surface area contributed by atoms with Crippen LogP contribution in [0.5, 0.6) is 0 Å². The van der Waals surface area contributed by atoms with Gasteiger partial charge in [0.1, 0.15) is 0 Å². The number of carboxylic acids is 1. The Morgan fingerprint density at radius 2 is 1.80 bits per heavy atom. The molecule has 0 aliphatic heterocycles. The fourth-order valence-electron chi connectivity index (χ4n) is 2.35. The Morgan fingerprint density at radius 1 is 1.25 bits per heavy atom. The molecule has 0 atom stereocenters. The van der Waals surface area contributed by atoms with Gasteiger partial charge in [0, 0.05) is 13.6 Å². The van der Waals surface area contributed by atoms with Crippen LogP contribution in [0, 0.1) is 20.8 Å². The minimum Gasteiger partial charge on any atom is -0.481 e. The summed E-state index contributed by atoms with van der Waals surface area (Å²) >= 11 is 0. The predicted octanol–water partition coefficient (Wildman–Crippen LogP) is 1.88. The lowest BCUT2D eigenvalue weighted by molar-refractivity contribution is -0.136. The summed E-state index contributed by atoms with van der Waals surface area (Å²) < 4.78 is 26.3. The van der Waals surface area contributed by atoms with Gasteiger partial charge < -0.3 is 5.11 Å². The Kier molecular flexibility index (Phi) is 4.94. The van der Waals surface area contributed by atoms with Crippen LogP contribution in [0.3, 0.4) is 0 Å². The minimum atomic E-state index is -3.59. The lowest BCUT2D eigenvalue weighted by atomic mass is 9.97. The van der Waals surface area contributed by atoms with E-state index in [1.165, 1.54) is 11.4 Å². The number of carbonyl (C=O) groups is 1. The highest BCUT2D eigenvalue weighted by Crippen LogP contribution is 2.28. The largest absolute Gasteiger partial charge is 0.481 e. The Morgan fingerprint density at radius 3 is 2.25 bits per heavy atom. The summed E-state index contributed by atoms with van der Waals surface area (Å²) in [5.74, 6) is -0.966. The fraction of sp³-hybridized carbons (Fsp3) is 0.500. The summed E-state index contributed by atoms with van der Waals surface area (Å²) in [5.41, 5.74) is 2.56. The Balaban J connectivity index is 3.60. The fourth-order valence-corrected chi connectivity index (χ4v) is 3.98. The quantitative estimate of drug-likeness (QED) is 0.901. The third kappa shape index (κ3) is 3.02. The molecular weight excluding hydrogens is 278 g/mol. The van der Waals surface area contributed by atoms with Crippen LogP contribution < -0.4 is 0 Å². The van der Waals surface area contributed by atoms with Crippen LogP contribution in [0.15, 0.2) is 11.0 Å². The van der Waals surface area contributed by atoms with Gasteiger partial charge in [-0.1, -0.05) is 13.0 Å². The summed E-state index contributed by atoms with van der Waals surface area (Å²) in [4.78, 5) is 11.2. The molecule has 0 unspecified atom stereocenters. The Hall–Kier alpha value is -1.40. The maximum Gasteiger partial charge on any atom is 0.307 e. The highest BCUT2D eigenvalue weighted by atomic mass is 32.2. The van der Waals surface area contributed by atoms with E-state index >= 15 is 0 Å². The van der Waals surface area contributed by atoms with Crippen LogP contribution in [0.2, 0.25) is 0 Å². The van der Waals surface area contributed by atoms with E-state index in [1.807, 2.05) is 0 Å². The molecule has 112 valence electrons. The first-order valence-corrected chi connectivity index (χ1v) is 7.84. The van der Waals surface area contributed by atoms with Crippen molar-refractivity contribution in [2.75, 3.05) is 13.6 Å². The molecule has 0 aliphatic carbocycles. The molecule has 0 saturated carbocycles. The van der Waals surface area contributed by atoms with Gasteiger partial charge in [-0.2, -0.15) is 0 Å². The lowest BCUT2D eigenvalue weighted by Crippen LogP contribution is -2.28. The van der Waals surface area contributed by atoms with Gasteiger partial charge in [0.15, 0.2) is 0 Å². The molecule has 0 radical (unpaired) electrons. The number of benzene rings is 1. The van der Waals surface area contributed by atoms with Crippen molar-refractivity contribution in [2.45, 2.75) is 39.0 Å². The van der Waals surface area contributed by atoms with Crippen LogP contribution in [0.25, 0.3) is 0 Å². The molecule has 6 heteroatoms. The second-order valence-electron chi connectivity index (χ2n) is 4.93. The molecule has 0 aliphatic rings. The molecule has 0 amide bonds. The second kappa shape index (κ2) is 5.93. The standard InChI is InChI=1S/C14H21NO4S/c1-6-15(5)20(18,19)14-10(3)7-9(2)12(11(14)4)8-13(16)17/h7H,6,8H2,1-5H3,(H,16,17). The van der Waals surface area contributed by atoms with Crippen molar-refractivity contribution >= 4 is 16.0 Å². The molecule has 0 fully saturated rings. The summed E-state index contributed by atoms with van der Waals surface area (Å²) in [6.45, 7) is 7.34. The third-order valence-corrected chi connectivity index (χ3v) is 5.72. The van der Waals surface area contributed by atoms with Gasteiger partial charge in [0.2, 0.25) is 10.0 Å². The van der Waals surface area contributed by atoms with E-state index in [2.05, 4.69) is 0 Å². The molecule has 5 nitrogen and oxygen atoms in total. The Labute approximate surface area is 120 Å². The van der Waals surface area contributed by atoms with Crippen LogP contribution in [0.4, 0.5) is 0 Å². The molecule has 0 heterocycles. The maximum absolute atomic E-state index is 12.5. The zero-order valence-electron chi connectivity index (χ0n) is 12.5. The van der Waals surface area contributed by atoms with Gasteiger partial charge in [0.25, 0.3) is 0 Å². The van der Waals surface area contributed by atoms with Gasteiger partial charge in [-0.15, -0.1) is 0 Å². The number of hydrogen-bond donors (Lipinski definition) is 1. The van der Waals surface area contributed by atoms with Crippen molar-refractivity contribution in [1.29, 1.82) is 0 Å². The zero-order valence-corrected chi connectivity index (χ0v) is 13.3. The molecule has 0 saturated heterocycles. The first-order valence-electron chi connectivity index (χ1n) is 6.40. The van der Waals surface area contributed by atoms with Crippen LogP contribution in [0.1, 0.15) is 29.2 Å². The normalized spacial score (nSPS) is 11.9. The van der Waals surface area contributed by atoms with Crippen LogP contribution in [-0.4, -0.2) is 37.4 Å². The second-order valence-corrected chi connectivity index (χ2v) is 6.91. The van der Waals surface area contributed by atoms with E-state index in [0.29, 0.717) is 23.2 Å². The average Bonchev–Trinajstić information content (AvgIpc) is 2.32. The van der Waals surface area contributed by atoms with Crippen molar-refractivity contribution in [3.63, 3.8) is 0 Å². The molecule has 1 aromatic rings. The predicted molar refractivity (Wildman–Crippen MR) is 77.5 cm³/mol. The first-order chi connectivity index (χ1) is 9.12. The average molecular weight is 299 g/mol. The van der Waals surface area contributed by atoms with Crippen molar-refractivity contribution in [2.24, 2.45) is 0 Å². The lowest BCUT2D eigenvalue weighted by Gasteiger charge is -2.21. The summed E-state index contributed by atoms with van der Waals surface area (Å²) in [6.07, 6.45) is -0.170. The van der Waals surface area contributed by atoms with E-state index < -0.39 is 16.0 Å². The molecule has 0 bridgehead atoms. The topological polar surface area (TPSA) is 74.7 Å². The summed E-state index contributed by atoms with van der Waals surface area (Å²) in [7, 11) is -2.07. The van der Waals surface area contributed by atoms with Gasteiger partial charge in [-0.3, -0.25) is 4.79 Å². The molecule has 0 aromatic heterocycles. The molecule has 1 N–H and O–H groups in total. The number of hydrogen-bond acceptors (Lipinski definition) is 3. The maximum atomic E-state index is 12.5. The Bertz CT molecular complexity index is 635. The smallest absolute Gasteiger partial charge is 0.307 e. The number of aryl methyl sites for hydroxylation is 2. The minimum absolute atomic E-state index is 0.170. The summed E-state index contributed by atoms with van der Waals surface area (Å²) in [5, 5.41) is 8.97. The number of aliphatic carboxylic acids is 1. The molecule has 1 rings (SSSR count). The van der Waals surface area contributed by atoms with Gasteiger partial charge in [0.05, 0.1) is 11.3 Å². The van der Waals surface area contributed by atoms with Crippen LogP contribution >= 0.6 is 0 Å². The number of nitrogens with zero attached hydrogens (tertiary/aromatic N) is 1. The number of rotatable bonds is 5. The first kappa shape index (κ1) is 16.7. The number of carboxylic acid groups (broad SMARTS) is 1. The van der Waals surface area contributed by atoms with E-state index in [1.54, 1.807) is 33.8 Å². The highest BCUT2D eigenvalue weighted by Gasteiger charge is 2.26. The molecular formula is C14H21NO4S. The van der Waals surface area contributed by atoms with Crippen molar-refractivity contribution < 1.29 is 18.3 Å². The van der Waals surface area contributed by atoms with E-state index in [-0.39, 0.29) is 11.3 Å². The highest BCUT2D eigenvalue weighted by molar-refractivity contribution is 7.89. The van der Waals surface area contributed by atoms with Gasteiger partial charge in [-0.25, -0.2) is 12.7 Å². The van der Waals surface area contributed by atoms with Crippen molar-refractivity contribution in [3.05, 3.63) is 28.3 Å². The third-order valence-electron chi connectivity index (χ3n) is 3.50. The van der Waals surface area contributed by atoms with Crippen molar-refractivity contribution in [1.82, 2.24) is 4.31 Å². The number of sulfonamides is 1. The molecule has 0 spiro atoms. The van der Waals surface area contributed by atoms with Crippen molar-refractivity contribution in [3.8, 4) is 0 Å². The van der Waals surface area contributed by atoms with Gasteiger partial charge in [-0.05, 0) is 43.0 Å². The zero-order chi connectivity index (χ0) is 15.7. The molecule has 20 heavy (non-hydrogen) atoms. The van der Waals surface area contributed by atoms with Gasteiger partial charge >= 0.3 is 5.97 Å². The van der Waals surface area contributed by atoms with E-state index in [4.69, 9.17) is 5.11 Å². The van der Waals surface area contributed by atoms with E-state index in [0.717, 1.165) is 5.56 Å². The summed E-state index contributed by atoms with van der Waals surface area (Å²) in [6, 6.07) is 1.74. The SMILES string of the molecule is CCN(C)S(=O)(=O)c1c(C)cc(C)c(CC(=O)O)c1C. The van der Waals surface area contributed by atoms with E-state index in [9.17, 15) is 13.2 Å². The monoisotopic (exact) mass is 299 g/mol. The van der Waals surface area contributed by atoms with Crippen LogP contribution in [-0.2, 0) is 21.2 Å². The molecule has 1 aromatic carbocycles.